The predicted octanol–water partition coefficient (Wildman–Crippen LogP) is 1.74. The summed E-state index contributed by atoms with van der Waals surface area (Å²) >= 11 is 3.24. The zero-order valence-electron chi connectivity index (χ0n) is 10.2. The first kappa shape index (κ1) is 14.6. The molecule has 3 N–H and O–H groups in total. The van der Waals surface area contributed by atoms with Gasteiger partial charge >= 0.3 is 0 Å². The maximum absolute atomic E-state index is 13.7. The van der Waals surface area contributed by atoms with Crippen molar-refractivity contribution in [3.63, 3.8) is 0 Å². The third kappa shape index (κ3) is 4.71. The van der Waals surface area contributed by atoms with Gasteiger partial charge in [0, 0.05) is 35.7 Å². The first-order valence-corrected chi connectivity index (χ1v) is 6.37. The molecule has 0 radical (unpaired) electrons. The maximum atomic E-state index is 13.7. The standard InChI is InChI=1S/C12H19BrFN3/c1-17(2)6-5-16-12(8-15)10-4-3-9(13)7-11(10)14/h3-4,7,12,16H,5-6,8,15H2,1-2H3. The van der Waals surface area contributed by atoms with Crippen molar-refractivity contribution in [3.8, 4) is 0 Å². The summed E-state index contributed by atoms with van der Waals surface area (Å²) in [5.41, 5.74) is 6.29. The summed E-state index contributed by atoms with van der Waals surface area (Å²) in [7, 11) is 4.00. The third-order valence-corrected chi connectivity index (χ3v) is 3.02. The lowest BCUT2D eigenvalue weighted by Gasteiger charge is -2.19. The Morgan fingerprint density at radius 2 is 2.18 bits per heavy atom. The van der Waals surface area contributed by atoms with Crippen LogP contribution in [0.5, 0.6) is 0 Å². The molecule has 3 nitrogen and oxygen atoms in total. The Balaban J connectivity index is 2.66. The summed E-state index contributed by atoms with van der Waals surface area (Å²) in [5.74, 6) is -0.229. The van der Waals surface area contributed by atoms with Crippen molar-refractivity contribution in [1.82, 2.24) is 10.2 Å². The molecule has 0 spiro atoms. The van der Waals surface area contributed by atoms with Gasteiger partial charge in [0.15, 0.2) is 0 Å². The van der Waals surface area contributed by atoms with Crippen LogP contribution in [0.1, 0.15) is 11.6 Å². The van der Waals surface area contributed by atoms with Crippen LogP contribution in [0.2, 0.25) is 0 Å². The molecule has 1 atom stereocenters. The van der Waals surface area contributed by atoms with Crippen molar-refractivity contribution in [1.29, 1.82) is 0 Å². The fraction of sp³-hybridized carbons (Fsp3) is 0.500. The van der Waals surface area contributed by atoms with Crippen LogP contribution in [-0.4, -0.2) is 38.6 Å². The van der Waals surface area contributed by atoms with Gasteiger partial charge in [0.25, 0.3) is 0 Å². The van der Waals surface area contributed by atoms with Gasteiger partial charge in [-0.3, -0.25) is 0 Å². The first-order chi connectivity index (χ1) is 8.04. The molecule has 0 amide bonds. The Bertz CT molecular complexity index is 358. The number of nitrogens with zero attached hydrogens (tertiary/aromatic N) is 1. The van der Waals surface area contributed by atoms with Crippen molar-refractivity contribution in [2.45, 2.75) is 6.04 Å². The third-order valence-electron chi connectivity index (χ3n) is 2.52. The van der Waals surface area contributed by atoms with E-state index in [1.165, 1.54) is 6.07 Å². The summed E-state index contributed by atoms with van der Waals surface area (Å²) in [6, 6.07) is 4.92. The van der Waals surface area contributed by atoms with Crippen LogP contribution < -0.4 is 11.1 Å². The topological polar surface area (TPSA) is 41.3 Å². The zero-order valence-corrected chi connectivity index (χ0v) is 11.8. The Kier molecular flexibility index (Phi) is 6.05. The van der Waals surface area contributed by atoms with Crippen LogP contribution in [0.3, 0.4) is 0 Å². The number of rotatable bonds is 6. The molecule has 1 aromatic carbocycles. The summed E-state index contributed by atoms with van der Waals surface area (Å²) in [6.07, 6.45) is 0. The SMILES string of the molecule is CN(C)CCNC(CN)c1ccc(Br)cc1F. The van der Waals surface area contributed by atoms with E-state index in [2.05, 4.69) is 26.1 Å². The zero-order chi connectivity index (χ0) is 12.8. The van der Waals surface area contributed by atoms with Crippen molar-refractivity contribution < 1.29 is 4.39 Å². The van der Waals surface area contributed by atoms with Gasteiger partial charge in [-0.2, -0.15) is 0 Å². The van der Waals surface area contributed by atoms with E-state index in [0.717, 1.165) is 17.6 Å². The molecule has 1 aromatic rings. The number of benzene rings is 1. The van der Waals surface area contributed by atoms with Crippen molar-refractivity contribution in [2.75, 3.05) is 33.7 Å². The Labute approximate surface area is 110 Å². The fourth-order valence-electron chi connectivity index (χ4n) is 1.57. The van der Waals surface area contributed by atoms with Gasteiger partial charge in [0.2, 0.25) is 0 Å². The molecule has 0 aliphatic carbocycles. The number of hydrogen-bond acceptors (Lipinski definition) is 3. The molecule has 0 aliphatic rings. The summed E-state index contributed by atoms with van der Waals surface area (Å²) in [4.78, 5) is 2.07. The monoisotopic (exact) mass is 303 g/mol. The normalized spacial score (nSPS) is 13.1. The molecule has 17 heavy (non-hydrogen) atoms. The van der Waals surface area contributed by atoms with E-state index >= 15 is 0 Å². The number of likely N-dealkylation sites (N-methyl/N-ethyl adjacent to an activating group) is 1. The van der Waals surface area contributed by atoms with E-state index in [0.29, 0.717) is 12.1 Å². The smallest absolute Gasteiger partial charge is 0.129 e. The molecule has 0 fully saturated rings. The minimum Gasteiger partial charge on any atom is -0.329 e. The quantitative estimate of drug-likeness (QED) is 0.841. The maximum Gasteiger partial charge on any atom is 0.129 e. The molecule has 5 heteroatoms. The lowest BCUT2D eigenvalue weighted by atomic mass is 10.1. The second kappa shape index (κ2) is 7.06. The summed E-state index contributed by atoms with van der Waals surface area (Å²) in [5, 5.41) is 3.26. The Morgan fingerprint density at radius 1 is 1.47 bits per heavy atom. The van der Waals surface area contributed by atoms with Crippen LogP contribution >= 0.6 is 15.9 Å². The highest BCUT2D eigenvalue weighted by atomic mass is 79.9. The van der Waals surface area contributed by atoms with Gasteiger partial charge in [-0.25, -0.2) is 4.39 Å². The molecule has 1 rings (SSSR count). The Morgan fingerprint density at radius 3 is 2.71 bits per heavy atom. The highest BCUT2D eigenvalue weighted by molar-refractivity contribution is 9.10. The van der Waals surface area contributed by atoms with Crippen molar-refractivity contribution in [2.24, 2.45) is 5.73 Å². The molecule has 0 saturated heterocycles. The average molecular weight is 304 g/mol. The van der Waals surface area contributed by atoms with Crippen molar-refractivity contribution >= 4 is 15.9 Å². The molecule has 0 saturated carbocycles. The second-order valence-corrected chi connectivity index (χ2v) is 5.13. The molecule has 0 bridgehead atoms. The minimum atomic E-state index is -0.229. The van der Waals surface area contributed by atoms with E-state index in [4.69, 9.17) is 5.73 Å². The summed E-state index contributed by atoms with van der Waals surface area (Å²) < 4.78 is 14.5. The van der Waals surface area contributed by atoms with Crippen LogP contribution in [0, 0.1) is 5.82 Å². The van der Waals surface area contributed by atoms with Gasteiger partial charge in [-0.15, -0.1) is 0 Å². The van der Waals surface area contributed by atoms with Gasteiger partial charge in [-0.1, -0.05) is 22.0 Å². The second-order valence-electron chi connectivity index (χ2n) is 4.21. The van der Waals surface area contributed by atoms with E-state index < -0.39 is 0 Å². The van der Waals surface area contributed by atoms with Crippen molar-refractivity contribution in [3.05, 3.63) is 34.1 Å². The predicted molar refractivity (Wildman–Crippen MR) is 72.5 cm³/mol. The van der Waals surface area contributed by atoms with E-state index in [1.807, 2.05) is 20.2 Å². The molecule has 0 heterocycles. The first-order valence-electron chi connectivity index (χ1n) is 5.57. The summed E-state index contributed by atoms with van der Waals surface area (Å²) in [6.45, 7) is 2.06. The molecule has 0 aromatic heterocycles. The lowest BCUT2D eigenvalue weighted by molar-refractivity contribution is 0.383. The van der Waals surface area contributed by atoms with Crippen LogP contribution in [0.25, 0.3) is 0 Å². The molecule has 1 unspecified atom stereocenters. The molecular formula is C12H19BrFN3. The molecular weight excluding hydrogens is 285 g/mol. The highest BCUT2D eigenvalue weighted by Gasteiger charge is 2.13. The average Bonchev–Trinajstić information content (AvgIpc) is 2.25. The molecule has 96 valence electrons. The lowest BCUT2D eigenvalue weighted by Crippen LogP contribution is -2.34. The van der Waals surface area contributed by atoms with Gasteiger partial charge in [-0.05, 0) is 26.2 Å². The van der Waals surface area contributed by atoms with E-state index in [9.17, 15) is 4.39 Å². The Hall–Kier alpha value is -0.490. The van der Waals surface area contributed by atoms with Gasteiger partial charge in [0.1, 0.15) is 5.82 Å². The van der Waals surface area contributed by atoms with Crippen LogP contribution in [0.15, 0.2) is 22.7 Å². The number of nitrogens with two attached hydrogens (primary N) is 1. The van der Waals surface area contributed by atoms with Crippen LogP contribution in [-0.2, 0) is 0 Å². The highest BCUT2D eigenvalue weighted by Crippen LogP contribution is 2.20. The molecule has 0 aliphatic heterocycles. The van der Waals surface area contributed by atoms with E-state index in [-0.39, 0.29) is 11.9 Å². The fourth-order valence-corrected chi connectivity index (χ4v) is 1.90. The number of nitrogens with one attached hydrogen (secondary N) is 1. The van der Waals surface area contributed by atoms with Gasteiger partial charge in [0.05, 0.1) is 0 Å². The number of hydrogen-bond donors (Lipinski definition) is 2. The van der Waals surface area contributed by atoms with Gasteiger partial charge < -0.3 is 16.0 Å². The number of halogens is 2. The largest absolute Gasteiger partial charge is 0.329 e. The van der Waals surface area contributed by atoms with E-state index in [1.54, 1.807) is 6.07 Å². The van der Waals surface area contributed by atoms with Crippen LogP contribution in [0.4, 0.5) is 4.39 Å². The minimum absolute atomic E-state index is 0.136.